The Hall–Kier alpha value is -1.16. The summed E-state index contributed by atoms with van der Waals surface area (Å²) in [7, 11) is 0. The van der Waals surface area contributed by atoms with E-state index in [-0.39, 0.29) is 6.04 Å². The van der Waals surface area contributed by atoms with Gasteiger partial charge in [0, 0.05) is 12.1 Å². The molecule has 1 aliphatic carbocycles. The van der Waals surface area contributed by atoms with Crippen molar-refractivity contribution in [2.75, 3.05) is 0 Å². The molecule has 0 amide bonds. The second kappa shape index (κ2) is 2.71. The first kappa shape index (κ1) is 7.49. The average Bonchev–Trinajstić information content (AvgIpc) is 2.46. The molecular weight excluding hydrogens is 156 g/mol. The zero-order chi connectivity index (χ0) is 8.55. The molecule has 0 spiro atoms. The van der Waals surface area contributed by atoms with Crippen LogP contribution in [0.3, 0.4) is 0 Å². The number of hydrogen-bond acceptors (Lipinski definition) is 3. The number of rotatable bonds is 1. The second-order valence-electron chi connectivity index (χ2n) is 2.99. The number of carboxylic acid groups (broad SMARTS) is 1. The zero-order valence-corrected chi connectivity index (χ0v) is 6.53. The molecule has 0 unspecified atom stereocenters. The third kappa shape index (κ3) is 1.14. The normalized spacial score (nSPS) is 32.8. The number of allylic oxidation sites excluding steroid dienone is 1. The van der Waals surface area contributed by atoms with E-state index in [1.807, 2.05) is 6.08 Å². The van der Waals surface area contributed by atoms with Crippen molar-refractivity contribution in [3.8, 4) is 0 Å². The van der Waals surface area contributed by atoms with E-state index >= 15 is 0 Å². The van der Waals surface area contributed by atoms with E-state index < -0.39 is 12.1 Å². The summed E-state index contributed by atoms with van der Waals surface area (Å²) in [6.07, 6.45) is 5.02. The molecule has 2 N–H and O–H groups in total. The molecule has 0 bridgehead atoms. The number of nitrogens with zero attached hydrogens (tertiary/aromatic N) is 1. The monoisotopic (exact) mass is 166 g/mol. The zero-order valence-electron chi connectivity index (χ0n) is 6.53. The van der Waals surface area contributed by atoms with Crippen LogP contribution in [0.5, 0.6) is 0 Å². The van der Waals surface area contributed by atoms with Crippen LogP contribution in [0.1, 0.15) is 12.8 Å². The van der Waals surface area contributed by atoms with Crippen molar-refractivity contribution in [1.82, 2.24) is 5.32 Å². The van der Waals surface area contributed by atoms with E-state index in [0.717, 1.165) is 18.6 Å². The predicted octanol–water partition coefficient (Wildman–Crippen LogP) is 0.160. The number of fused-ring (bicyclic) bond motifs is 1. The van der Waals surface area contributed by atoms with Crippen molar-refractivity contribution >= 4 is 11.7 Å². The van der Waals surface area contributed by atoms with Gasteiger partial charge in [-0.05, 0) is 6.42 Å². The Kier molecular flexibility index (Phi) is 1.69. The third-order valence-corrected chi connectivity index (χ3v) is 2.16. The fourth-order valence-electron chi connectivity index (χ4n) is 1.54. The van der Waals surface area contributed by atoms with Gasteiger partial charge in [-0.15, -0.1) is 0 Å². The molecule has 1 heterocycles. The van der Waals surface area contributed by atoms with Crippen LogP contribution in [0.25, 0.3) is 0 Å². The van der Waals surface area contributed by atoms with E-state index in [9.17, 15) is 4.79 Å². The summed E-state index contributed by atoms with van der Waals surface area (Å²) in [6, 6.07) is 0.163. The minimum absolute atomic E-state index is 0.163. The molecular formula is C8H10N2O2. The quantitative estimate of drug-likeness (QED) is 0.545. The molecule has 2 atom stereocenters. The first-order valence-corrected chi connectivity index (χ1v) is 3.98. The number of aliphatic carboxylic acids is 1. The van der Waals surface area contributed by atoms with Crippen LogP contribution in [0.4, 0.5) is 0 Å². The van der Waals surface area contributed by atoms with Crippen LogP contribution in [-0.4, -0.2) is 29.0 Å². The van der Waals surface area contributed by atoms with Crippen molar-refractivity contribution in [2.45, 2.75) is 25.0 Å². The van der Waals surface area contributed by atoms with Crippen molar-refractivity contribution in [3.05, 3.63) is 12.2 Å². The van der Waals surface area contributed by atoms with E-state index in [4.69, 9.17) is 5.11 Å². The molecule has 0 aromatic heterocycles. The molecule has 12 heavy (non-hydrogen) atoms. The van der Waals surface area contributed by atoms with Gasteiger partial charge < -0.3 is 5.11 Å². The molecule has 1 aliphatic heterocycles. The SMILES string of the molecule is O=C(O)[C@@H]1N=C2CC=CC[C@H]2N1. The van der Waals surface area contributed by atoms with Gasteiger partial charge in [0.05, 0.1) is 6.04 Å². The number of nitrogens with one attached hydrogen (secondary N) is 1. The summed E-state index contributed by atoms with van der Waals surface area (Å²) < 4.78 is 0. The Morgan fingerprint density at radius 3 is 3.17 bits per heavy atom. The van der Waals surface area contributed by atoms with Crippen molar-refractivity contribution in [2.24, 2.45) is 4.99 Å². The molecule has 0 aromatic rings. The summed E-state index contributed by atoms with van der Waals surface area (Å²) in [5.41, 5.74) is 0.977. The maximum absolute atomic E-state index is 10.6. The van der Waals surface area contributed by atoms with Gasteiger partial charge in [0.2, 0.25) is 0 Å². The third-order valence-electron chi connectivity index (χ3n) is 2.16. The van der Waals surface area contributed by atoms with Gasteiger partial charge >= 0.3 is 5.97 Å². The fourth-order valence-corrected chi connectivity index (χ4v) is 1.54. The highest BCUT2D eigenvalue weighted by atomic mass is 16.4. The topological polar surface area (TPSA) is 61.7 Å². The van der Waals surface area contributed by atoms with Crippen LogP contribution in [0.15, 0.2) is 17.1 Å². The van der Waals surface area contributed by atoms with Crippen LogP contribution >= 0.6 is 0 Å². The van der Waals surface area contributed by atoms with Crippen LogP contribution < -0.4 is 5.32 Å². The minimum atomic E-state index is -0.892. The molecule has 4 nitrogen and oxygen atoms in total. The summed E-state index contributed by atoms with van der Waals surface area (Å²) in [6.45, 7) is 0. The predicted molar refractivity (Wildman–Crippen MR) is 44.2 cm³/mol. The van der Waals surface area contributed by atoms with E-state index in [0.29, 0.717) is 0 Å². The van der Waals surface area contributed by atoms with Crippen molar-refractivity contribution in [3.63, 3.8) is 0 Å². The van der Waals surface area contributed by atoms with E-state index in [1.54, 1.807) is 0 Å². The number of hydrogen-bond donors (Lipinski definition) is 2. The maximum atomic E-state index is 10.6. The summed E-state index contributed by atoms with van der Waals surface area (Å²) >= 11 is 0. The highest BCUT2D eigenvalue weighted by molar-refractivity contribution is 5.96. The smallest absolute Gasteiger partial charge is 0.343 e. The van der Waals surface area contributed by atoms with E-state index in [1.165, 1.54) is 0 Å². The van der Waals surface area contributed by atoms with Gasteiger partial charge in [0.25, 0.3) is 0 Å². The Labute approximate surface area is 70.0 Å². The summed E-state index contributed by atoms with van der Waals surface area (Å²) in [5.74, 6) is -0.892. The lowest BCUT2D eigenvalue weighted by Gasteiger charge is -2.14. The lowest BCUT2D eigenvalue weighted by atomic mass is 10.0. The largest absolute Gasteiger partial charge is 0.479 e. The van der Waals surface area contributed by atoms with Crippen molar-refractivity contribution < 1.29 is 9.90 Å². The number of aliphatic imine (C=N–C) groups is 1. The first-order chi connectivity index (χ1) is 5.77. The van der Waals surface area contributed by atoms with Crippen molar-refractivity contribution in [1.29, 1.82) is 0 Å². The first-order valence-electron chi connectivity index (χ1n) is 3.98. The molecule has 0 aromatic carbocycles. The Morgan fingerprint density at radius 2 is 2.50 bits per heavy atom. The maximum Gasteiger partial charge on any atom is 0.343 e. The van der Waals surface area contributed by atoms with Crippen LogP contribution in [0, 0.1) is 0 Å². The van der Waals surface area contributed by atoms with Gasteiger partial charge in [-0.25, -0.2) is 4.79 Å². The van der Waals surface area contributed by atoms with Crippen LogP contribution in [0.2, 0.25) is 0 Å². The Balaban J connectivity index is 2.14. The standard InChI is InChI=1S/C8H10N2O2/c11-8(12)7-9-5-3-1-2-4-6(5)10-7/h1-2,5,7,9H,3-4H2,(H,11,12)/t5-,7+/m1/s1. The molecule has 0 saturated carbocycles. The lowest BCUT2D eigenvalue weighted by Crippen LogP contribution is -2.38. The van der Waals surface area contributed by atoms with Gasteiger partial charge in [-0.2, -0.15) is 0 Å². The highest BCUT2D eigenvalue weighted by Crippen LogP contribution is 2.15. The number of carboxylic acids is 1. The van der Waals surface area contributed by atoms with Crippen LogP contribution in [-0.2, 0) is 4.79 Å². The van der Waals surface area contributed by atoms with E-state index in [2.05, 4.69) is 16.4 Å². The molecule has 2 aliphatic rings. The average molecular weight is 166 g/mol. The highest BCUT2D eigenvalue weighted by Gasteiger charge is 2.30. The fraction of sp³-hybridized carbons (Fsp3) is 0.500. The number of carbonyl (C=O) groups is 1. The summed E-state index contributed by atoms with van der Waals surface area (Å²) in [5, 5.41) is 11.6. The molecule has 64 valence electrons. The van der Waals surface area contributed by atoms with Gasteiger partial charge in [-0.1, -0.05) is 12.2 Å². The Morgan fingerprint density at radius 1 is 1.67 bits per heavy atom. The molecule has 0 fully saturated rings. The minimum Gasteiger partial charge on any atom is -0.479 e. The second-order valence-corrected chi connectivity index (χ2v) is 2.99. The van der Waals surface area contributed by atoms with Gasteiger partial charge in [0.15, 0.2) is 6.17 Å². The molecule has 4 heteroatoms. The lowest BCUT2D eigenvalue weighted by molar-refractivity contribution is -0.139. The van der Waals surface area contributed by atoms with Gasteiger partial charge in [0.1, 0.15) is 0 Å². The summed E-state index contributed by atoms with van der Waals surface area (Å²) in [4.78, 5) is 14.6. The molecule has 2 rings (SSSR count). The Bertz CT molecular complexity index is 270. The molecule has 0 radical (unpaired) electrons. The van der Waals surface area contributed by atoms with Gasteiger partial charge in [-0.3, -0.25) is 10.3 Å². The molecule has 0 saturated heterocycles.